The molecule has 0 N–H and O–H groups in total. The van der Waals surface area contributed by atoms with Gasteiger partial charge in [-0.1, -0.05) is 18.2 Å². The molecular weight excluding hydrogens is 124 g/mol. The summed E-state index contributed by atoms with van der Waals surface area (Å²) < 4.78 is 5.18. The molecule has 1 fully saturated rings. The summed E-state index contributed by atoms with van der Waals surface area (Å²) in [6.45, 7) is 7.34. The zero-order valence-electron chi connectivity index (χ0n) is 6.52. The standard InChI is InChI=1S/C9H14O/c1-3-10-7-8(2)6-9-4-5-9/h6H,2-5,7H2,1H3. The van der Waals surface area contributed by atoms with E-state index in [9.17, 15) is 0 Å². The predicted molar refractivity (Wildman–Crippen MR) is 43.0 cm³/mol. The van der Waals surface area contributed by atoms with Gasteiger partial charge in [0, 0.05) is 6.61 Å². The van der Waals surface area contributed by atoms with Gasteiger partial charge in [0.05, 0.1) is 6.61 Å². The second-order valence-electron chi connectivity index (χ2n) is 2.60. The Hall–Kier alpha value is -0.560. The van der Waals surface area contributed by atoms with Crippen molar-refractivity contribution in [2.75, 3.05) is 13.2 Å². The third kappa shape index (κ3) is 2.83. The van der Waals surface area contributed by atoms with Gasteiger partial charge < -0.3 is 4.74 Å². The normalized spacial score (nSPS) is 15.1. The van der Waals surface area contributed by atoms with Crippen LogP contribution < -0.4 is 0 Å². The van der Waals surface area contributed by atoms with Crippen LogP contribution >= 0.6 is 0 Å². The second-order valence-corrected chi connectivity index (χ2v) is 2.60. The first-order chi connectivity index (χ1) is 4.83. The monoisotopic (exact) mass is 138 g/mol. The lowest BCUT2D eigenvalue weighted by Gasteiger charge is -1.98. The third-order valence-electron chi connectivity index (χ3n) is 1.44. The molecule has 1 heteroatoms. The molecule has 0 heterocycles. The van der Waals surface area contributed by atoms with Gasteiger partial charge in [-0.15, -0.1) is 0 Å². The van der Waals surface area contributed by atoms with Crippen molar-refractivity contribution in [3.63, 3.8) is 0 Å². The van der Waals surface area contributed by atoms with Crippen LogP contribution in [0.1, 0.15) is 19.8 Å². The fourth-order valence-corrected chi connectivity index (χ4v) is 0.780. The largest absolute Gasteiger partial charge is 0.377 e. The van der Waals surface area contributed by atoms with Gasteiger partial charge in [-0.2, -0.15) is 0 Å². The average molecular weight is 138 g/mol. The Morgan fingerprint density at radius 1 is 1.70 bits per heavy atom. The fraction of sp³-hybridized carbons (Fsp3) is 0.556. The van der Waals surface area contributed by atoms with Crippen molar-refractivity contribution in [1.29, 1.82) is 0 Å². The molecule has 0 aromatic carbocycles. The Labute approximate surface area is 62.4 Å². The predicted octanol–water partition coefficient (Wildman–Crippen LogP) is 2.30. The zero-order valence-corrected chi connectivity index (χ0v) is 6.52. The molecule has 0 saturated heterocycles. The molecule has 0 aromatic heterocycles. The second kappa shape index (κ2) is 3.57. The lowest BCUT2D eigenvalue weighted by atomic mass is 10.3. The fourth-order valence-electron chi connectivity index (χ4n) is 0.780. The van der Waals surface area contributed by atoms with Crippen molar-refractivity contribution in [3.05, 3.63) is 23.8 Å². The quantitative estimate of drug-likeness (QED) is 0.579. The van der Waals surface area contributed by atoms with Crippen LogP contribution in [-0.2, 0) is 4.74 Å². The number of ether oxygens (including phenoxy) is 1. The lowest BCUT2D eigenvalue weighted by molar-refractivity contribution is 0.173. The van der Waals surface area contributed by atoms with Crippen LogP contribution in [0.25, 0.3) is 0 Å². The summed E-state index contributed by atoms with van der Waals surface area (Å²) in [5.41, 5.74) is 2.62. The van der Waals surface area contributed by atoms with Crippen LogP contribution in [0.15, 0.2) is 23.8 Å². The van der Waals surface area contributed by atoms with E-state index in [1.54, 1.807) is 0 Å². The van der Waals surface area contributed by atoms with E-state index < -0.39 is 0 Å². The highest BCUT2D eigenvalue weighted by Crippen LogP contribution is 2.28. The van der Waals surface area contributed by atoms with Crippen molar-refractivity contribution in [2.45, 2.75) is 19.8 Å². The zero-order chi connectivity index (χ0) is 7.40. The van der Waals surface area contributed by atoms with Gasteiger partial charge in [0.15, 0.2) is 0 Å². The van der Waals surface area contributed by atoms with E-state index in [0.717, 1.165) is 12.2 Å². The van der Waals surface area contributed by atoms with E-state index in [1.807, 2.05) is 6.92 Å². The first-order valence-electron chi connectivity index (χ1n) is 3.78. The topological polar surface area (TPSA) is 9.23 Å². The maximum absolute atomic E-state index is 5.18. The molecule has 1 aliphatic carbocycles. The Morgan fingerprint density at radius 3 is 2.90 bits per heavy atom. The summed E-state index contributed by atoms with van der Waals surface area (Å²) in [7, 11) is 0. The molecule has 0 unspecified atom stereocenters. The van der Waals surface area contributed by atoms with E-state index >= 15 is 0 Å². The van der Waals surface area contributed by atoms with Gasteiger partial charge in [-0.25, -0.2) is 0 Å². The van der Waals surface area contributed by atoms with Crippen LogP contribution in [0, 0.1) is 0 Å². The van der Waals surface area contributed by atoms with Crippen LogP contribution in [-0.4, -0.2) is 13.2 Å². The van der Waals surface area contributed by atoms with E-state index in [2.05, 4.69) is 12.7 Å². The minimum absolute atomic E-state index is 0.694. The van der Waals surface area contributed by atoms with Gasteiger partial charge in [0.25, 0.3) is 0 Å². The van der Waals surface area contributed by atoms with Gasteiger partial charge in [0.2, 0.25) is 0 Å². The number of hydrogen-bond donors (Lipinski definition) is 0. The minimum atomic E-state index is 0.694. The first-order valence-corrected chi connectivity index (χ1v) is 3.78. The Balaban J connectivity index is 2.15. The molecule has 0 spiro atoms. The third-order valence-corrected chi connectivity index (χ3v) is 1.44. The summed E-state index contributed by atoms with van der Waals surface area (Å²) in [6, 6.07) is 0. The molecule has 10 heavy (non-hydrogen) atoms. The average Bonchev–Trinajstić information content (AvgIpc) is 2.67. The Morgan fingerprint density at radius 2 is 2.40 bits per heavy atom. The molecule has 0 aliphatic heterocycles. The molecule has 0 aromatic rings. The van der Waals surface area contributed by atoms with Crippen molar-refractivity contribution >= 4 is 0 Å². The maximum atomic E-state index is 5.18. The van der Waals surface area contributed by atoms with E-state index in [1.165, 1.54) is 18.4 Å². The summed E-state index contributed by atoms with van der Waals surface area (Å²) in [5, 5.41) is 0. The van der Waals surface area contributed by atoms with Crippen LogP contribution in [0.3, 0.4) is 0 Å². The van der Waals surface area contributed by atoms with Crippen molar-refractivity contribution in [3.8, 4) is 0 Å². The SMILES string of the molecule is C=C(C=C1CC1)COCC. The van der Waals surface area contributed by atoms with Crippen LogP contribution in [0.4, 0.5) is 0 Å². The van der Waals surface area contributed by atoms with E-state index in [-0.39, 0.29) is 0 Å². The van der Waals surface area contributed by atoms with Gasteiger partial charge in [-0.05, 0) is 25.3 Å². The highest BCUT2D eigenvalue weighted by atomic mass is 16.5. The Kier molecular flexibility index (Phi) is 2.69. The minimum Gasteiger partial charge on any atom is -0.377 e. The summed E-state index contributed by atoms with van der Waals surface area (Å²) in [4.78, 5) is 0. The van der Waals surface area contributed by atoms with Crippen LogP contribution in [0.2, 0.25) is 0 Å². The highest BCUT2D eigenvalue weighted by Gasteiger charge is 2.10. The van der Waals surface area contributed by atoms with Crippen molar-refractivity contribution < 1.29 is 4.74 Å². The molecule has 1 saturated carbocycles. The molecule has 56 valence electrons. The molecule has 0 amide bonds. The molecule has 0 bridgehead atoms. The number of allylic oxidation sites excluding steroid dienone is 1. The summed E-state index contributed by atoms with van der Waals surface area (Å²) in [6.07, 6.45) is 4.69. The lowest BCUT2D eigenvalue weighted by Crippen LogP contribution is -1.93. The van der Waals surface area contributed by atoms with E-state index in [0.29, 0.717) is 6.61 Å². The summed E-state index contributed by atoms with van der Waals surface area (Å²) >= 11 is 0. The first kappa shape index (κ1) is 7.55. The smallest absolute Gasteiger partial charge is 0.0710 e. The number of rotatable bonds is 4. The highest BCUT2D eigenvalue weighted by molar-refractivity contribution is 5.28. The Bertz CT molecular complexity index is 150. The van der Waals surface area contributed by atoms with E-state index in [4.69, 9.17) is 4.74 Å². The van der Waals surface area contributed by atoms with Crippen molar-refractivity contribution in [1.82, 2.24) is 0 Å². The van der Waals surface area contributed by atoms with Gasteiger partial charge in [0.1, 0.15) is 0 Å². The van der Waals surface area contributed by atoms with Crippen molar-refractivity contribution in [2.24, 2.45) is 0 Å². The maximum Gasteiger partial charge on any atom is 0.0710 e. The molecule has 1 nitrogen and oxygen atoms in total. The molecule has 0 atom stereocenters. The molecular formula is C9H14O. The molecule has 1 rings (SSSR count). The number of hydrogen-bond acceptors (Lipinski definition) is 1. The molecule has 1 aliphatic rings. The van der Waals surface area contributed by atoms with Gasteiger partial charge in [-0.3, -0.25) is 0 Å². The van der Waals surface area contributed by atoms with Crippen LogP contribution in [0.5, 0.6) is 0 Å². The molecule has 0 radical (unpaired) electrons. The summed E-state index contributed by atoms with van der Waals surface area (Å²) in [5.74, 6) is 0. The van der Waals surface area contributed by atoms with Gasteiger partial charge >= 0.3 is 0 Å².